The topological polar surface area (TPSA) is 144 Å². The summed E-state index contributed by atoms with van der Waals surface area (Å²) in [5.74, 6) is -0.855. The number of nitrogens with zero attached hydrogens (tertiary/aromatic N) is 1. The van der Waals surface area contributed by atoms with Crippen molar-refractivity contribution < 1.29 is 18.1 Å². The lowest BCUT2D eigenvalue weighted by atomic mass is 10.1. The number of anilines is 3. The van der Waals surface area contributed by atoms with Crippen molar-refractivity contribution in [3.63, 3.8) is 0 Å². The standard InChI is InChI=1S/C20H18N4O5S/c21-30(28,29)13-14-6-9-17(10-7-14)23-20(25)15-8-11-18(19(12-15)24(26)27)22-16-4-2-1-3-5-16/h1-12,22H,13H2,(H,23,25)(H2,21,28,29). The van der Waals surface area contributed by atoms with Gasteiger partial charge in [-0.3, -0.25) is 14.9 Å². The summed E-state index contributed by atoms with van der Waals surface area (Å²) in [6.45, 7) is 0. The smallest absolute Gasteiger partial charge is 0.293 e. The average molecular weight is 426 g/mol. The van der Waals surface area contributed by atoms with Crippen molar-refractivity contribution in [2.24, 2.45) is 5.14 Å². The second-order valence-corrected chi connectivity index (χ2v) is 8.05. The fourth-order valence-electron chi connectivity index (χ4n) is 2.73. The summed E-state index contributed by atoms with van der Waals surface area (Å²) >= 11 is 0. The predicted molar refractivity (Wildman–Crippen MR) is 114 cm³/mol. The first-order chi connectivity index (χ1) is 14.2. The molecule has 3 aromatic carbocycles. The van der Waals surface area contributed by atoms with Crippen molar-refractivity contribution in [2.75, 3.05) is 10.6 Å². The summed E-state index contributed by atoms with van der Waals surface area (Å²) in [6.07, 6.45) is 0. The van der Waals surface area contributed by atoms with E-state index in [1.807, 2.05) is 6.07 Å². The number of carbonyl (C=O) groups is 1. The highest BCUT2D eigenvalue weighted by atomic mass is 32.2. The molecule has 30 heavy (non-hydrogen) atoms. The number of sulfonamides is 1. The van der Waals surface area contributed by atoms with Crippen molar-refractivity contribution >= 4 is 38.7 Å². The number of nitro groups is 1. The number of hydrogen-bond acceptors (Lipinski definition) is 6. The highest BCUT2D eigenvalue weighted by Gasteiger charge is 2.18. The van der Waals surface area contributed by atoms with Crippen LogP contribution in [-0.2, 0) is 15.8 Å². The molecule has 0 spiro atoms. The van der Waals surface area contributed by atoms with Crippen LogP contribution in [0.3, 0.4) is 0 Å². The normalized spacial score (nSPS) is 11.0. The minimum Gasteiger partial charge on any atom is -0.350 e. The van der Waals surface area contributed by atoms with Crippen LogP contribution in [-0.4, -0.2) is 19.2 Å². The highest BCUT2D eigenvalue weighted by Crippen LogP contribution is 2.29. The molecule has 0 aliphatic rings. The molecule has 154 valence electrons. The molecule has 0 bridgehead atoms. The van der Waals surface area contributed by atoms with Crippen LogP contribution in [0.25, 0.3) is 0 Å². The van der Waals surface area contributed by atoms with Gasteiger partial charge in [0.25, 0.3) is 11.6 Å². The zero-order chi connectivity index (χ0) is 21.7. The fourth-order valence-corrected chi connectivity index (χ4v) is 3.38. The monoisotopic (exact) mass is 426 g/mol. The number of para-hydroxylation sites is 1. The van der Waals surface area contributed by atoms with Crippen molar-refractivity contribution in [3.05, 3.63) is 94.0 Å². The SMILES string of the molecule is NS(=O)(=O)Cc1ccc(NC(=O)c2ccc(Nc3ccccc3)c([N+](=O)[O-])c2)cc1. The summed E-state index contributed by atoms with van der Waals surface area (Å²) in [6, 6.07) is 19.2. The molecule has 0 fully saturated rings. The molecular weight excluding hydrogens is 408 g/mol. The number of nitrogens with one attached hydrogen (secondary N) is 2. The van der Waals surface area contributed by atoms with Crippen molar-refractivity contribution in [1.29, 1.82) is 0 Å². The molecule has 0 saturated carbocycles. The van der Waals surface area contributed by atoms with Gasteiger partial charge in [0.1, 0.15) is 5.69 Å². The second-order valence-electron chi connectivity index (χ2n) is 6.44. The Morgan fingerprint density at radius 1 is 0.967 bits per heavy atom. The number of hydrogen-bond donors (Lipinski definition) is 3. The van der Waals surface area contributed by atoms with E-state index in [0.29, 0.717) is 16.9 Å². The fraction of sp³-hybridized carbons (Fsp3) is 0.0500. The zero-order valence-electron chi connectivity index (χ0n) is 15.6. The van der Waals surface area contributed by atoms with Crippen LogP contribution in [0.1, 0.15) is 15.9 Å². The Bertz CT molecular complexity index is 1180. The number of primary sulfonamides is 1. The molecule has 9 nitrogen and oxygen atoms in total. The van der Waals surface area contributed by atoms with Crippen LogP contribution in [0, 0.1) is 10.1 Å². The Labute approximate surface area is 172 Å². The Morgan fingerprint density at radius 2 is 1.63 bits per heavy atom. The lowest BCUT2D eigenvalue weighted by molar-refractivity contribution is -0.383. The Hall–Kier alpha value is -3.76. The Morgan fingerprint density at radius 3 is 2.23 bits per heavy atom. The largest absolute Gasteiger partial charge is 0.350 e. The zero-order valence-corrected chi connectivity index (χ0v) is 16.4. The van der Waals surface area contributed by atoms with Crippen LogP contribution >= 0.6 is 0 Å². The van der Waals surface area contributed by atoms with Crippen LogP contribution in [0.15, 0.2) is 72.8 Å². The number of carbonyl (C=O) groups excluding carboxylic acids is 1. The number of nitro benzene ring substituents is 1. The molecular formula is C20H18N4O5S. The van der Waals surface area contributed by atoms with E-state index in [2.05, 4.69) is 10.6 Å². The van der Waals surface area contributed by atoms with Gasteiger partial charge in [0.2, 0.25) is 10.0 Å². The number of rotatable bonds is 7. The van der Waals surface area contributed by atoms with E-state index in [9.17, 15) is 23.3 Å². The molecule has 0 aromatic heterocycles. The first kappa shape index (κ1) is 21.0. The van der Waals surface area contributed by atoms with Gasteiger partial charge in [-0.05, 0) is 42.0 Å². The number of amides is 1. The minimum atomic E-state index is -3.65. The molecule has 0 unspecified atom stereocenters. The van der Waals surface area contributed by atoms with Crippen molar-refractivity contribution in [2.45, 2.75) is 5.75 Å². The molecule has 1 amide bonds. The third-order valence-corrected chi connectivity index (χ3v) is 4.82. The van der Waals surface area contributed by atoms with E-state index in [0.717, 1.165) is 0 Å². The summed E-state index contributed by atoms with van der Waals surface area (Å²) in [4.78, 5) is 23.4. The number of nitrogens with two attached hydrogens (primary N) is 1. The van der Waals surface area contributed by atoms with Gasteiger partial charge in [0.05, 0.1) is 10.7 Å². The van der Waals surface area contributed by atoms with Gasteiger partial charge in [-0.1, -0.05) is 30.3 Å². The Kier molecular flexibility index (Phi) is 6.09. The molecule has 4 N–H and O–H groups in total. The van der Waals surface area contributed by atoms with Crippen LogP contribution in [0.2, 0.25) is 0 Å². The van der Waals surface area contributed by atoms with Crippen molar-refractivity contribution in [3.8, 4) is 0 Å². The Balaban J connectivity index is 1.77. The maximum Gasteiger partial charge on any atom is 0.293 e. The van der Waals surface area contributed by atoms with Gasteiger partial charge in [0.15, 0.2) is 0 Å². The van der Waals surface area contributed by atoms with Gasteiger partial charge < -0.3 is 10.6 Å². The van der Waals surface area contributed by atoms with E-state index in [1.54, 1.807) is 24.3 Å². The van der Waals surface area contributed by atoms with Crippen molar-refractivity contribution in [1.82, 2.24) is 0 Å². The summed E-state index contributed by atoms with van der Waals surface area (Å²) in [5, 5.41) is 22.1. The van der Waals surface area contributed by atoms with Gasteiger partial charge in [-0.2, -0.15) is 0 Å². The molecule has 0 atom stereocenters. The lowest BCUT2D eigenvalue weighted by Crippen LogP contribution is -2.15. The lowest BCUT2D eigenvalue weighted by Gasteiger charge is -2.10. The molecule has 0 aliphatic carbocycles. The summed E-state index contributed by atoms with van der Waals surface area (Å²) < 4.78 is 22.3. The van der Waals surface area contributed by atoms with Gasteiger partial charge in [-0.15, -0.1) is 0 Å². The average Bonchev–Trinajstić information content (AvgIpc) is 2.69. The minimum absolute atomic E-state index is 0.105. The van der Waals surface area contributed by atoms with Gasteiger partial charge in [0, 0.05) is 23.0 Å². The quantitative estimate of drug-likeness (QED) is 0.390. The maximum atomic E-state index is 12.5. The van der Waals surface area contributed by atoms with Crippen LogP contribution in [0.5, 0.6) is 0 Å². The molecule has 3 aromatic rings. The molecule has 3 rings (SSSR count). The summed E-state index contributed by atoms with van der Waals surface area (Å²) in [5.41, 5.74) is 1.69. The summed E-state index contributed by atoms with van der Waals surface area (Å²) in [7, 11) is -3.65. The molecule has 0 aliphatic heterocycles. The van der Waals surface area contributed by atoms with Gasteiger partial charge >= 0.3 is 0 Å². The van der Waals surface area contributed by atoms with Crippen LogP contribution in [0.4, 0.5) is 22.7 Å². The molecule has 0 saturated heterocycles. The van der Waals surface area contributed by atoms with Gasteiger partial charge in [-0.25, -0.2) is 13.6 Å². The van der Waals surface area contributed by atoms with E-state index in [1.165, 1.54) is 42.5 Å². The maximum absolute atomic E-state index is 12.5. The van der Waals surface area contributed by atoms with E-state index in [4.69, 9.17) is 5.14 Å². The first-order valence-corrected chi connectivity index (χ1v) is 10.4. The van der Waals surface area contributed by atoms with E-state index < -0.39 is 20.9 Å². The second kappa shape index (κ2) is 8.72. The van der Waals surface area contributed by atoms with Crippen LogP contribution < -0.4 is 15.8 Å². The predicted octanol–water partition coefficient (Wildman–Crippen LogP) is 3.38. The number of benzene rings is 3. The van der Waals surface area contributed by atoms with E-state index in [-0.39, 0.29) is 22.7 Å². The van der Waals surface area contributed by atoms with E-state index >= 15 is 0 Å². The molecule has 0 radical (unpaired) electrons. The third-order valence-electron chi connectivity index (χ3n) is 4.09. The highest BCUT2D eigenvalue weighted by molar-refractivity contribution is 7.88. The first-order valence-electron chi connectivity index (χ1n) is 8.72. The third kappa shape index (κ3) is 5.63. The molecule has 10 heteroatoms. The molecule has 0 heterocycles.